The fraction of sp³-hybridized carbons (Fsp3) is 0.500. The Balaban J connectivity index is 1.76. The lowest BCUT2D eigenvalue weighted by molar-refractivity contribution is -0.137. The number of hydrogen-bond acceptors (Lipinski definition) is 4. The van der Waals surface area contributed by atoms with E-state index < -0.39 is 11.7 Å². The average molecular weight is 396 g/mol. The second-order valence-electron chi connectivity index (χ2n) is 7.72. The Kier molecular flexibility index (Phi) is 4.99. The smallest absolute Gasteiger partial charge is 0.291 e. The van der Waals surface area contributed by atoms with E-state index >= 15 is 0 Å². The van der Waals surface area contributed by atoms with Gasteiger partial charge in [-0.25, -0.2) is 14.8 Å². The van der Waals surface area contributed by atoms with Gasteiger partial charge in [0.05, 0.1) is 11.3 Å². The van der Waals surface area contributed by atoms with Gasteiger partial charge in [-0.3, -0.25) is 15.0 Å². The van der Waals surface area contributed by atoms with Gasteiger partial charge < -0.3 is 0 Å². The van der Waals surface area contributed by atoms with E-state index in [2.05, 4.69) is 15.4 Å². The molecule has 0 atom stereocenters. The minimum atomic E-state index is -4.45. The monoisotopic (exact) mass is 396 g/mol. The first-order valence-corrected chi connectivity index (χ1v) is 8.90. The fourth-order valence-electron chi connectivity index (χ4n) is 2.89. The quantitative estimate of drug-likeness (QED) is 0.839. The van der Waals surface area contributed by atoms with E-state index in [0.29, 0.717) is 31.1 Å². The number of alkyl halides is 3. The van der Waals surface area contributed by atoms with Gasteiger partial charge in [-0.15, -0.1) is 0 Å². The zero-order valence-corrected chi connectivity index (χ0v) is 16.2. The zero-order chi connectivity index (χ0) is 20.7. The number of aromatic nitrogens is 3. The lowest BCUT2D eigenvalue weighted by atomic mass is 9.92. The molecule has 0 bridgehead atoms. The van der Waals surface area contributed by atoms with Crippen molar-refractivity contribution >= 4 is 17.7 Å². The van der Waals surface area contributed by atoms with Crippen LogP contribution in [0.5, 0.6) is 0 Å². The van der Waals surface area contributed by atoms with E-state index in [9.17, 15) is 18.0 Å². The highest BCUT2D eigenvalue weighted by atomic mass is 19.4. The lowest BCUT2D eigenvalue weighted by Gasteiger charge is -2.28. The molecule has 2 amide bonds. The number of pyridine rings is 1. The Bertz CT molecular complexity index is 854. The van der Waals surface area contributed by atoms with E-state index in [0.717, 1.165) is 18.0 Å². The molecule has 0 aromatic carbocycles. The second kappa shape index (κ2) is 6.99. The number of nitrogens with zero attached hydrogens (tertiary/aromatic N) is 5. The summed E-state index contributed by atoms with van der Waals surface area (Å²) in [5.41, 5.74) is -0.145. The third-order valence-corrected chi connectivity index (χ3v) is 4.49. The molecular formula is C18H23F3N6O. The van der Waals surface area contributed by atoms with Gasteiger partial charge in [0.1, 0.15) is 11.6 Å². The highest BCUT2D eigenvalue weighted by molar-refractivity contribution is 5.89. The molecule has 2 aromatic heterocycles. The van der Waals surface area contributed by atoms with Crippen LogP contribution in [0.2, 0.25) is 0 Å². The second-order valence-corrected chi connectivity index (χ2v) is 7.72. The van der Waals surface area contributed by atoms with Crippen LogP contribution in [-0.4, -0.2) is 38.9 Å². The minimum absolute atomic E-state index is 0.162. The largest absolute Gasteiger partial charge is 0.417 e. The molecule has 0 saturated carbocycles. The number of anilines is 2. The van der Waals surface area contributed by atoms with Crippen molar-refractivity contribution in [1.82, 2.24) is 19.8 Å². The molecule has 7 nitrogen and oxygen atoms in total. The molecule has 3 rings (SSSR count). The number of nitrogens with one attached hydrogen (secondary N) is 1. The summed E-state index contributed by atoms with van der Waals surface area (Å²) in [5, 5.41) is 10.3. The van der Waals surface area contributed by atoms with Crippen molar-refractivity contribution in [2.24, 2.45) is 7.05 Å². The molecule has 0 aliphatic carbocycles. The average Bonchev–Trinajstić information content (AvgIpc) is 3.21. The van der Waals surface area contributed by atoms with Gasteiger partial charge >= 0.3 is 12.2 Å². The Hall–Kier alpha value is -2.78. The number of hydrogen-bond donors (Lipinski definition) is 1. The van der Waals surface area contributed by atoms with Gasteiger partial charge in [0.25, 0.3) is 0 Å². The number of urea groups is 1. The molecule has 0 radical (unpaired) electrons. The Morgan fingerprint density at radius 1 is 1.18 bits per heavy atom. The number of amides is 2. The van der Waals surface area contributed by atoms with Crippen molar-refractivity contribution in [3.8, 4) is 0 Å². The molecule has 1 saturated heterocycles. The summed E-state index contributed by atoms with van der Waals surface area (Å²) < 4.78 is 39.8. The summed E-state index contributed by atoms with van der Waals surface area (Å²) in [6, 6.07) is 3.67. The summed E-state index contributed by atoms with van der Waals surface area (Å²) in [5.74, 6) is 0.836. The van der Waals surface area contributed by atoms with Gasteiger partial charge in [0, 0.05) is 37.8 Å². The van der Waals surface area contributed by atoms with Crippen LogP contribution in [0.1, 0.15) is 38.4 Å². The van der Waals surface area contributed by atoms with Crippen LogP contribution in [0, 0.1) is 0 Å². The number of carbonyl (C=O) groups excluding carboxylic acids is 1. The van der Waals surface area contributed by atoms with E-state index in [1.54, 1.807) is 16.7 Å². The molecule has 1 fully saturated rings. The molecule has 0 spiro atoms. The molecule has 1 aliphatic rings. The SMILES string of the molecule is Cn1nc(C(C)(C)C)cc1NC(=O)N1CCCN1c1ccc(C(F)(F)F)cn1. The number of halogens is 3. The number of hydrazine groups is 1. The van der Waals surface area contributed by atoms with Gasteiger partial charge in [-0.05, 0) is 18.6 Å². The van der Waals surface area contributed by atoms with Gasteiger partial charge in [0.2, 0.25) is 0 Å². The van der Waals surface area contributed by atoms with Crippen molar-refractivity contribution in [3.63, 3.8) is 0 Å². The molecule has 0 unspecified atom stereocenters. The zero-order valence-electron chi connectivity index (χ0n) is 16.2. The van der Waals surface area contributed by atoms with Crippen LogP contribution in [0.15, 0.2) is 24.4 Å². The Labute approximate surface area is 161 Å². The summed E-state index contributed by atoms with van der Waals surface area (Å²) in [4.78, 5) is 16.6. The van der Waals surface area contributed by atoms with E-state index in [1.807, 2.05) is 26.8 Å². The maximum Gasteiger partial charge on any atom is 0.417 e. The predicted molar refractivity (Wildman–Crippen MR) is 98.8 cm³/mol. The topological polar surface area (TPSA) is 66.3 Å². The summed E-state index contributed by atoms with van der Waals surface area (Å²) in [6.07, 6.45) is -2.98. The Morgan fingerprint density at radius 3 is 2.43 bits per heavy atom. The lowest BCUT2D eigenvalue weighted by Crippen LogP contribution is -2.44. The van der Waals surface area contributed by atoms with Crippen molar-refractivity contribution < 1.29 is 18.0 Å². The number of carbonyl (C=O) groups is 1. The van der Waals surface area contributed by atoms with Crippen molar-refractivity contribution in [2.75, 3.05) is 23.4 Å². The fourth-order valence-corrected chi connectivity index (χ4v) is 2.89. The molecule has 2 aromatic rings. The third kappa shape index (κ3) is 4.05. The minimum Gasteiger partial charge on any atom is -0.291 e. The normalized spacial score (nSPS) is 15.2. The molecule has 10 heteroatoms. The standard InChI is InChI=1S/C18H23F3N6O/c1-17(2,3)13-10-15(25(4)24-13)23-16(28)27-9-5-8-26(27)14-7-6-12(11-22-14)18(19,20)21/h6-7,10-11H,5,8-9H2,1-4H3,(H,23,28). The predicted octanol–water partition coefficient (Wildman–Crippen LogP) is 3.79. The highest BCUT2D eigenvalue weighted by Gasteiger charge is 2.33. The molecule has 1 aliphatic heterocycles. The van der Waals surface area contributed by atoms with Crippen molar-refractivity contribution in [1.29, 1.82) is 0 Å². The van der Waals surface area contributed by atoms with E-state index in [4.69, 9.17) is 0 Å². The third-order valence-electron chi connectivity index (χ3n) is 4.49. The van der Waals surface area contributed by atoms with E-state index in [-0.39, 0.29) is 11.4 Å². The van der Waals surface area contributed by atoms with Gasteiger partial charge in [-0.2, -0.15) is 18.3 Å². The van der Waals surface area contributed by atoms with Gasteiger partial charge in [0.15, 0.2) is 0 Å². The molecule has 3 heterocycles. The van der Waals surface area contributed by atoms with Crippen LogP contribution in [0.3, 0.4) is 0 Å². The van der Waals surface area contributed by atoms with Crippen LogP contribution in [0.25, 0.3) is 0 Å². The number of rotatable bonds is 2. The first-order valence-electron chi connectivity index (χ1n) is 8.90. The molecule has 28 heavy (non-hydrogen) atoms. The van der Waals surface area contributed by atoms with E-state index in [1.165, 1.54) is 11.1 Å². The summed E-state index contributed by atoms with van der Waals surface area (Å²) in [7, 11) is 1.74. The number of aryl methyl sites for hydroxylation is 1. The molecule has 1 N–H and O–H groups in total. The molecular weight excluding hydrogens is 373 g/mol. The maximum absolute atomic E-state index is 12.8. The first kappa shape index (κ1) is 20.0. The van der Waals surface area contributed by atoms with Crippen molar-refractivity contribution in [2.45, 2.75) is 38.8 Å². The van der Waals surface area contributed by atoms with Gasteiger partial charge in [-0.1, -0.05) is 20.8 Å². The Morgan fingerprint density at radius 2 is 1.89 bits per heavy atom. The summed E-state index contributed by atoms with van der Waals surface area (Å²) in [6.45, 7) is 7.02. The first-order chi connectivity index (χ1) is 13.0. The molecule has 152 valence electrons. The van der Waals surface area contributed by atoms with Crippen LogP contribution in [-0.2, 0) is 18.6 Å². The van der Waals surface area contributed by atoms with Crippen molar-refractivity contribution in [3.05, 3.63) is 35.7 Å². The summed E-state index contributed by atoms with van der Waals surface area (Å²) >= 11 is 0. The highest BCUT2D eigenvalue weighted by Crippen LogP contribution is 2.30. The van der Waals surface area contributed by atoms with Crippen LogP contribution < -0.4 is 10.3 Å². The maximum atomic E-state index is 12.8. The van der Waals surface area contributed by atoms with Crippen LogP contribution >= 0.6 is 0 Å². The van der Waals surface area contributed by atoms with Crippen LogP contribution in [0.4, 0.5) is 29.6 Å².